The fourth-order valence-corrected chi connectivity index (χ4v) is 3.26. The minimum absolute atomic E-state index is 0.0669. The molecule has 0 fully saturated rings. The highest BCUT2D eigenvalue weighted by molar-refractivity contribution is 6.05. The summed E-state index contributed by atoms with van der Waals surface area (Å²) in [6.45, 7) is 4.07. The molecule has 3 rings (SSSR count). The molecule has 3 N–H and O–H groups in total. The minimum Gasteiger partial charge on any atom is -0.494 e. The van der Waals surface area contributed by atoms with Gasteiger partial charge >= 0.3 is 0 Å². The van der Waals surface area contributed by atoms with E-state index in [1.807, 2.05) is 6.92 Å². The van der Waals surface area contributed by atoms with Crippen molar-refractivity contribution in [1.82, 2.24) is 10.3 Å². The Morgan fingerprint density at radius 3 is 2.59 bits per heavy atom. The van der Waals surface area contributed by atoms with E-state index in [-0.39, 0.29) is 18.2 Å². The third-order valence-electron chi connectivity index (χ3n) is 4.52. The van der Waals surface area contributed by atoms with Gasteiger partial charge in [-0.15, -0.1) is 0 Å². The van der Waals surface area contributed by atoms with E-state index in [2.05, 4.69) is 15.6 Å². The van der Waals surface area contributed by atoms with Crippen LogP contribution in [0.1, 0.15) is 51.9 Å². The van der Waals surface area contributed by atoms with E-state index in [1.165, 1.54) is 0 Å². The molecule has 1 heterocycles. The van der Waals surface area contributed by atoms with Gasteiger partial charge in [-0.1, -0.05) is 0 Å². The van der Waals surface area contributed by atoms with Crippen molar-refractivity contribution >= 4 is 23.3 Å². The molecular formula is C20H23N3O4. The molecule has 1 aliphatic rings. The maximum atomic E-state index is 12.4. The summed E-state index contributed by atoms with van der Waals surface area (Å²) in [4.78, 5) is 39.6. The Morgan fingerprint density at radius 1 is 1.19 bits per heavy atom. The zero-order valence-electron chi connectivity index (χ0n) is 15.5. The molecule has 7 nitrogen and oxygen atoms in total. The smallest absolute Gasteiger partial charge is 0.268 e. The number of aromatic amines is 1. The molecule has 0 atom stereocenters. The molecule has 0 unspecified atom stereocenters. The van der Waals surface area contributed by atoms with Crippen LogP contribution in [0, 0.1) is 6.92 Å². The number of amides is 2. The van der Waals surface area contributed by atoms with Gasteiger partial charge in [-0.2, -0.15) is 0 Å². The molecule has 0 radical (unpaired) electrons. The van der Waals surface area contributed by atoms with Crippen molar-refractivity contribution in [3.05, 3.63) is 46.8 Å². The standard InChI is InChI=1S/C20H23N3O4/c1-3-27-14-9-7-13(8-10-14)22-17(25)11-21-20(26)19-12(2)18-15(23-19)5-4-6-16(18)24/h7-10,23H,3-6,11H2,1-2H3,(H,21,26)(H,22,25). The van der Waals surface area contributed by atoms with E-state index in [1.54, 1.807) is 31.2 Å². The summed E-state index contributed by atoms with van der Waals surface area (Å²) in [5.74, 6) is 0.0657. The lowest BCUT2D eigenvalue weighted by atomic mass is 9.94. The van der Waals surface area contributed by atoms with E-state index in [4.69, 9.17) is 4.74 Å². The van der Waals surface area contributed by atoms with Gasteiger partial charge < -0.3 is 20.4 Å². The normalized spacial score (nSPS) is 13.0. The Labute approximate surface area is 157 Å². The minimum atomic E-state index is -0.392. The van der Waals surface area contributed by atoms with Gasteiger partial charge in [-0.05, 0) is 56.5 Å². The first-order valence-corrected chi connectivity index (χ1v) is 9.05. The van der Waals surface area contributed by atoms with Crippen molar-refractivity contribution in [3.63, 3.8) is 0 Å². The highest BCUT2D eigenvalue weighted by Crippen LogP contribution is 2.26. The summed E-state index contributed by atoms with van der Waals surface area (Å²) in [6.07, 6.45) is 2.06. The fraction of sp³-hybridized carbons (Fsp3) is 0.350. The SMILES string of the molecule is CCOc1ccc(NC(=O)CNC(=O)c2[nH]c3c(c2C)C(=O)CCC3)cc1. The quantitative estimate of drug-likeness (QED) is 0.729. The maximum absolute atomic E-state index is 12.4. The molecule has 0 saturated carbocycles. The van der Waals surface area contributed by atoms with Crippen molar-refractivity contribution in [2.75, 3.05) is 18.5 Å². The van der Waals surface area contributed by atoms with Gasteiger partial charge in [0.05, 0.1) is 13.2 Å². The average molecular weight is 369 g/mol. The Morgan fingerprint density at radius 2 is 1.93 bits per heavy atom. The number of carbonyl (C=O) groups excluding carboxylic acids is 3. The summed E-state index contributed by atoms with van der Waals surface area (Å²) in [5, 5.41) is 5.31. The Balaban J connectivity index is 1.57. The second kappa shape index (κ2) is 8.07. The van der Waals surface area contributed by atoms with Crippen molar-refractivity contribution in [2.24, 2.45) is 0 Å². The molecule has 0 bridgehead atoms. The second-order valence-corrected chi connectivity index (χ2v) is 6.44. The van der Waals surface area contributed by atoms with E-state index in [0.29, 0.717) is 35.5 Å². The number of hydrogen-bond acceptors (Lipinski definition) is 4. The van der Waals surface area contributed by atoms with E-state index < -0.39 is 5.91 Å². The number of hydrogen-bond donors (Lipinski definition) is 3. The third-order valence-corrected chi connectivity index (χ3v) is 4.52. The van der Waals surface area contributed by atoms with Gasteiger partial charge in [0.1, 0.15) is 11.4 Å². The van der Waals surface area contributed by atoms with Crippen molar-refractivity contribution in [3.8, 4) is 5.75 Å². The molecule has 0 spiro atoms. The highest BCUT2D eigenvalue weighted by Gasteiger charge is 2.26. The number of aryl methyl sites for hydroxylation is 1. The molecule has 27 heavy (non-hydrogen) atoms. The van der Waals surface area contributed by atoms with Gasteiger partial charge in [0.25, 0.3) is 5.91 Å². The second-order valence-electron chi connectivity index (χ2n) is 6.44. The predicted molar refractivity (Wildman–Crippen MR) is 101 cm³/mol. The van der Waals surface area contributed by atoms with Gasteiger partial charge in [0.2, 0.25) is 5.91 Å². The first kappa shape index (κ1) is 18.7. The van der Waals surface area contributed by atoms with Gasteiger partial charge in [-0.3, -0.25) is 14.4 Å². The molecule has 0 aliphatic heterocycles. The van der Waals surface area contributed by atoms with Crippen LogP contribution in [0.4, 0.5) is 5.69 Å². The van der Waals surface area contributed by atoms with Crippen molar-refractivity contribution < 1.29 is 19.1 Å². The molecule has 2 amide bonds. The summed E-state index contributed by atoms with van der Waals surface area (Å²) >= 11 is 0. The molecule has 7 heteroatoms. The summed E-state index contributed by atoms with van der Waals surface area (Å²) in [7, 11) is 0. The van der Waals surface area contributed by atoms with Crippen LogP contribution in [0.5, 0.6) is 5.75 Å². The molecule has 2 aromatic rings. The fourth-order valence-electron chi connectivity index (χ4n) is 3.26. The van der Waals surface area contributed by atoms with E-state index in [9.17, 15) is 14.4 Å². The zero-order valence-corrected chi connectivity index (χ0v) is 15.5. The monoisotopic (exact) mass is 369 g/mol. The maximum Gasteiger partial charge on any atom is 0.268 e. The van der Waals surface area contributed by atoms with Gasteiger partial charge in [-0.25, -0.2) is 0 Å². The van der Waals surface area contributed by atoms with Crippen LogP contribution in [0.3, 0.4) is 0 Å². The molecule has 1 aliphatic carbocycles. The van der Waals surface area contributed by atoms with Gasteiger partial charge in [0, 0.05) is 23.4 Å². The number of Topliss-reactive ketones (excluding diaryl/α,β-unsaturated/α-hetero) is 1. The van der Waals surface area contributed by atoms with Crippen LogP contribution >= 0.6 is 0 Å². The first-order valence-electron chi connectivity index (χ1n) is 9.05. The van der Waals surface area contributed by atoms with Crippen LogP contribution in [-0.2, 0) is 11.2 Å². The number of anilines is 1. The molecular weight excluding hydrogens is 346 g/mol. The number of fused-ring (bicyclic) bond motifs is 1. The summed E-state index contributed by atoms with van der Waals surface area (Å²) in [5.41, 5.74) is 3.07. The van der Waals surface area contributed by atoms with Crippen LogP contribution in [0.2, 0.25) is 0 Å². The number of H-pyrrole nitrogens is 1. The lowest BCUT2D eigenvalue weighted by Crippen LogP contribution is -2.33. The molecule has 1 aromatic carbocycles. The predicted octanol–water partition coefficient (Wildman–Crippen LogP) is 2.61. The Kier molecular flexibility index (Phi) is 5.59. The Hall–Kier alpha value is -3.09. The average Bonchev–Trinajstić information content (AvgIpc) is 3.00. The number of ketones is 1. The summed E-state index contributed by atoms with van der Waals surface area (Å²) < 4.78 is 5.35. The highest BCUT2D eigenvalue weighted by atomic mass is 16.5. The molecule has 1 aromatic heterocycles. The molecule has 142 valence electrons. The van der Waals surface area contributed by atoms with Crippen LogP contribution in [0.15, 0.2) is 24.3 Å². The number of rotatable bonds is 6. The van der Waals surface area contributed by atoms with E-state index >= 15 is 0 Å². The van der Waals surface area contributed by atoms with Crippen LogP contribution in [0.25, 0.3) is 0 Å². The zero-order chi connectivity index (χ0) is 19.4. The largest absolute Gasteiger partial charge is 0.494 e. The number of ether oxygens (including phenoxy) is 1. The summed E-state index contributed by atoms with van der Waals surface area (Å²) in [6, 6.07) is 7.00. The van der Waals surface area contributed by atoms with Gasteiger partial charge in [0.15, 0.2) is 5.78 Å². The van der Waals surface area contributed by atoms with Crippen molar-refractivity contribution in [2.45, 2.75) is 33.1 Å². The molecule has 0 saturated heterocycles. The third kappa shape index (κ3) is 4.19. The lowest BCUT2D eigenvalue weighted by Gasteiger charge is -2.09. The number of benzene rings is 1. The topological polar surface area (TPSA) is 100 Å². The Bertz CT molecular complexity index is 868. The van der Waals surface area contributed by atoms with Crippen LogP contribution < -0.4 is 15.4 Å². The number of aromatic nitrogens is 1. The van der Waals surface area contributed by atoms with Crippen molar-refractivity contribution in [1.29, 1.82) is 0 Å². The number of nitrogens with one attached hydrogen (secondary N) is 3. The lowest BCUT2D eigenvalue weighted by molar-refractivity contribution is -0.115. The number of carbonyl (C=O) groups is 3. The first-order chi connectivity index (χ1) is 13.0. The van der Waals surface area contributed by atoms with Crippen LogP contribution in [-0.4, -0.2) is 35.7 Å². The van der Waals surface area contributed by atoms with E-state index in [0.717, 1.165) is 24.3 Å².